The van der Waals surface area contributed by atoms with Gasteiger partial charge in [-0.1, -0.05) is 68.4 Å². The molecule has 0 spiro atoms. The molecule has 2 aromatic carbocycles. The highest BCUT2D eigenvalue weighted by Crippen LogP contribution is 2.45. The average Bonchev–Trinajstić information content (AvgIpc) is 3.34. The van der Waals surface area contributed by atoms with Gasteiger partial charge in [0.2, 0.25) is 11.8 Å². The van der Waals surface area contributed by atoms with Gasteiger partial charge in [-0.2, -0.15) is 0 Å². The lowest BCUT2D eigenvalue weighted by Gasteiger charge is -2.35. The van der Waals surface area contributed by atoms with E-state index in [2.05, 4.69) is 26.9 Å². The Hall–Kier alpha value is -4.87. The fourth-order valence-electron chi connectivity index (χ4n) is 7.24. The Morgan fingerprint density at radius 1 is 1.02 bits per heavy atom. The van der Waals surface area contributed by atoms with Crippen LogP contribution < -0.4 is 16.0 Å². The molecule has 260 valence electrons. The molecule has 12 nitrogen and oxygen atoms in total. The first-order valence-electron chi connectivity index (χ1n) is 17.0. The number of benzene rings is 2. The molecular weight excluding hydrogens is 626 g/mol. The van der Waals surface area contributed by atoms with Crippen LogP contribution in [0.15, 0.2) is 66.3 Å². The Kier molecular flexibility index (Phi) is 9.17. The zero-order chi connectivity index (χ0) is 35.1. The van der Waals surface area contributed by atoms with Gasteiger partial charge >= 0.3 is 12.1 Å². The predicted molar refractivity (Wildman–Crippen MR) is 183 cm³/mol. The monoisotopic (exact) mass is 671 g/mol. The van der Waals surface area contributed by atoms with E-state index in [0.717, 1.165) is 47.5 Å². The van der Waals surface area contributed by atoms with E-state index in [9.17, 15) is 24.3 Å². The second-order valence-corrected chi connectivity index (χ2v) is 14.6. The topological polar surface area (TPSA) is 152 Å². The van der Waals surface area contributed by atoms with Crippen molar-refractivity contribution in [2.45, 2.75) is 89.1 Å². The van der Waals surface area contributed by atoms with E-state index in [0.29, 0.717) is 5.36 Å². The number of nitrogens with zero attached hydrogens (tertiary/aromatic N) is 3. The van der Waals surface area contributed by atoms with E-state index in [1.54, 1.807) is 0 Å². The summed E-state index contributed by atoms with van der Waals surface area (Å²) in [5.41, 5.74) is -0.332. The second kappa shape index (κ2) is 13.2. The molecule has 49 heavy (non-hydrogen) atoms. The van der Waals surface area contributed by atoms with Crippen LogP contribution in [0.2, 0.25) is 0 Å². The van der Waals surface area contributed by atoms with Crippen molar-refractivity contribution in [3.8, 4) is 0 Å². The van der Waals surface area contributed by atoms with Crippen LogP contribution in [0.4, 0.5) is 4.79 Å². The van der Waals surface area contributed by atoms with Gasteiger partial charge in [0.25, 0.3) is 0 Å². The first kappa shape index (κ1) is 34.0. The van der Waals surface area contributed by atoms with E-state index in [4.69, 9.17) is 9.57 Å². The third-order valence-electron chi connectivity index (χ3n) is 10.2. The lowest BCUT2D eigenvalue weighted by Crippen LogP contribution is -2.59. The van der Waals surface area contributed by atoms with Crippen LogP contribution in [0.3, 0.4) is 0 Å². The Bertz CT molecular complexity index is 1810. The van der Waals surface area contributed by atoms with Crippen molar-refractivity contribution in [1.82, 2.24) is 20.1 Å². The summed E-state index contributed by atoms with van der Waals surface area (Å²) in [6.45, 7) is 9.17. The number of aliphatic carboxylic acids is 1. The maximum atomic E-state index is 14.4. The van der Waals surface area contributed by atoms with Gasteiger partial charge in [-0.15, -0.1) is 6.58 Å². The van der Waals surface area contributed by atoms with Crippen molar-refractivity contribution >= 4 is 45.7 Å². The summed E-state index contributed by atoms with van der Waals surface area (Å²) in [5.74, 6) is -2.71. The third-order valence-corrected chi connectivity index (χ3v) is 10.2. The second-order valence-electron chi connectivity index (χ2n) is 14.6. The third kappa shape index (κ3) is 6.60. The number of likely N-dealkylation sites (tertiary alicyclic amines) is 1. The predicted octanol–water partition coefficient (Wildman–Crippen LogP) is 4.36. The highest BCUT2D eigenvalue weighted by molar-refractivity contribution is 5.96. The van der Waals surface area contributed by atoms with Gasteiger partial charge in [0.1, 0.15) is 35.2 Å². The number of carbonyl (C=O) groups excluding carboxylic acids is 3. The molecule has 1 aromatic heterocycles. The van der Waals surface area contributed by atoms with Gasteiger partial charge in [0.05, 0.1) is 17.6 Å². The number of pyridine rings is 1. The molecule has 1 aliphatic heterocycles. The number of para-hydroxylation sites is 2. The lowest BCUT2D eigenvalue weighted by atomic mass is 9.85. The van der Waals surface area contributed by atoms with Crippen LogP contribution in [-0.4, -0.2) is 74.8 Å². The molecule has 6 rings (SSSR count). The van der Waals surface area contributed by atoms with Crippen molar-refractivity contribution < 1.29 is 33.9 Å². The molecule has 3 aliphatic rings. The summed E-state index contributed by atoms with van der Waals surface area (Å²) < 4.78 is 7.71. The largest absolute Gasteiger partial charge is 0.479 e. The number of carboxylic acid groups (broad SMARTS) is 1. The Balaban J connectivity index is 1.32. The highest BCUT2D eigenvalue weighted by atomic mass is 16.6. The molecule has 2 saturated carbocycles. The maximum absolute atomic E-state index is 14.4. The van der Waals surface area contributed by atoms with Crippen LogP contribution in [0.25, 0.3) is 21.8 Å². The van der Waals surface area contributed by atoms with E-state index < -0.39 is 58.9 Å². The van der Waals surface area contributed by atoms with E-state index >= 15 is 0 Å². The minimum Gasteiger partial charge on any atom is -0.479 e. The van der Waals surface area contributed by atoms with Crippen LogP contribution in [0.5, 0.6) is 0 Å². The lowest BCUT2D eigenvalue weighted by molar-refractivity contribution is -0.146. The fourth-order valence-corrected chi connectivity index (χ4v) is 7.24. The number of rotatable bonds is 9. The highest BCUT2D eigenvalue weighted by Gasteiger charge is 2.61. The summed E-state index contributed by atoms with van der Waals surface area (Å²) >= 11 is 0. The quantitative estimate of drug-likeness (QED) is 0.174. The molecule has 0 bridgehead atoms. The summed E-state index contributed by atoms with van der Waals surface area (Å²) in [5, 5.41) is 22.5. The molecule has 2 heterocycles. The number of carbonyl (C=O) groups is 4. The zero-order valence-corrected chi connectivity index (χ0v) is 28.5. The number of amides is 3. The number of fused-ring (bicyclic) bond motifs is 2. The van der Waals surface area contributed by atoms with Gasteiger partial charge in [0.15, 0.2) is 0 Å². The van der Waals surface area contributed by atoms with Crippen LogP contribution in [0.1, 0.15) is 59.3 Å². The van der Waals surface area contributed by atoms with E-state index in [-0.39, 0.29) is 25.5 Å². The molecule has 1 saturated heterocycles. The van der Waals surface area contributed by atoms with Crippen molar-refractivity contribution in [1.29, 1.82) is 0 Å². The van der Waals surface area contributed by atoms with Crippen LogP contribution in [-0.2, 0) is 31.0 Å². The minimum absolute atomic E-state index is 0.00616. The molecule has 2 aliphatic carbocycles. The Morgan fingerprint density at radius 3 is 2.18 bits per heavy atom. The molecular formula is C37H45N5O7. The summed E-state index contributed by atoms with van der Waals surface area (Å²) in [7, 11) is 1.99. The molecule has 0 radical (unpaired) electrons. The molecule has 0 unspecified atom stereocenters. The molecule has 3 fully saturated rings. The van der Waals surface area contributed by atoms with Crippen molar-refractivity contribution in [2.75, 3.05) is 6.54 Å². The van der Waals surface area contributed by atoms with Gasteiger partial charge in [-0.25, -0.2) is 9.59 Å². The normalized spacial score (nSPS) is 24.3. The maximum Gasteiger partial charge on any atom is 0.408 e. The van der Waals surface area contributed by atoms with Gasteiger partial charge in [-0.05, 0) is 49.7 Å². The zero-order valence-electron chi connectivity index (χ0n) is 28.5. The van der Waals surface area contributed by atoms with Gasteiger partial charge < -0.3 is 34.8 Å². The molecule has 5 atom stereocenters. The summed E-state index contributed by atoms with van der Waals surface area (Å²) in [6, 6.07) is 13.6. The number of aromatic nitrogens is 1. The van der Waals surface area contributed by atoms with Gasteiger partial charge in [-0.3, -0.25) is 9.59 Å². The SMILES string of the molecule is C=C[C@@H]1C[C@@]1(NC(=O)[C@@H]1C[C@@H](ON=c2c3ccccc3n(C)c3ccccc23)CN1C(=O)[C@@H](NC(=O)OC1CCCC1)C(C)(C)C)C(=O)O. The summed E-state index contributed by atoms with van der Waals surface area (Å²) in [6.07, 6.45) is 3.72. The van der Waals surface area contributed by atoms with Crippen molar-refractivity contribution in [3.05, 3.63) is 66.5 Å². The van der Waals surface area contributed by atoms with Crippen molar-refractivity contribution in [3.63, 3.8) is 0 Å². The first-order valence-corrected chi connectivity index (χ1v) is 17.0. The van der Waals surface area contributed by atoms with Crippen LogP contribution in [0, 0.1) is 11.3 Å². The number of ether oxygens (including phenoxy) is 1. The van der Waals surface area contributed by atoms with E-state index in [1.807, 2.05) is 76.3 Å². The standard InChI is InChI=1S/C37H45N5O7/c1-6-22-20-37(22,34(45)46)39-32(43)29-19-24(21-42(29)33(44)31(36(2,3)4)38-35(47)48-23-13-7-8-14-23)49-40-30-25-15-9-11-17-27(25)41(5)28-18-12-10-16-26(28)30/h6,9-12,15-18,22-24,29,31H,1,7-8,13-14,19-21H2,2-5H3,(H,38,47)(H,39,43)(H,45,46)/t22-,24-,29+,31-,37+/m1/s1. The smallest absolute Gasteiger partial charge is 0.408 e. The Morgan fingerprint density at radius 2 is 1.63 bits per heavy atom. The number of hydrogen-bond donors (Lipinski definition) is 3. The molecule has 3 aromatic rings. The summed E-state index contributed by atoms with van der Waals surface area (Å²) in [4.78, 5) is 61.1. The minimum atomic E-state index is -1.49. The molecule has 12 heteroatoms. The number of alkyl carbamates (subject to hydrolysis) is 1. The van der Waals surface area contributed by atoms with Gasteiger partial charge in [0, 0.05) is 30.2 Å². The molecule has 3 N–H and O–H groups in total. The first-order chi connectivity index (χ1) is 23.3. The number of carboxylic acids is 1. The Labute approximate surface area is 285 Å². The fraction of sp³-hybridized carbons (Fsp3) is 0.486. The number of aryl methyl sites for hydroxylation is 1. The van der Waals surface area contributed by atoms with E-state index in [1.165, 1.54) is 11.0 Å². The van der Waals surface area contributed by atoms with Crippen molar-refractivity contribution in [2.24, 2.45) is 23.5 Å². The number of hydrogen-bond acceptors (Lipinski definition) is 7. The average molecular weight is 672 g/mol. The molecule has 3 amide bonds. The number of nitrogens with one attached hydrogen (secondary N) is 2. The van der Waals surface area contributed by atoms with Crippen LogP contribution >= 0.6 is 0 Å².